The molecule has 2 aromatic rings. The summed E-state index contributed by atoms with van der Waals surface area (Å²) < 4.78 is 5.13. The molecule has 1 amide bonds. The van der Waals surface area contributed by atoms with Crippen molar-refractivity contribution < 1.29 is 14.0 Å². The summed E-state index contributed by atoms with van der Waals surface area (Å²) >= 11 is 1.31. The second-order valence-electron chi connectivity index (χ2n) is 3.41. The van der Waals surface area contributed by atoms with Gasteiger partial charge in [0.1, 0.15) is 12.1 Å². The highest BCUT2D eigenvalue weighted by atomic mass is 32.1. The van der Waals surface area contributed by atoms with Crippen molar-refractivity contribution >= 4 is 28.1 Å². The molecule has 2 heterocycles. The van der Waals surface area contributed by atoms with E-state index in [0.29, 0.717) is 10.9 Å². The summed E-state index contributed by atoms with van der Waals surface area (Å²) in [5, 5.41) is 15.3. The fourth-order valence-electron chi connectivity index (χ4n) is 1.31. The quantitative estimate of drug-likeness (QED) is 0.664. The molecule has 100 valence electrons. The Morgan fingerprint density at radius 2 is 2.42 bits per heavy atom. The average Bonchev–Trinajstić information content (AvgIpc) is 3.06. The maximum atomic E-state index is 12.1. The van der Waals surface area contributed by atoms with Gasteiger partial charge in [0.2, 0.25) is 10.8 Å². The fourth-order valence-corrected chi connectivity index (χ4v) is 1.98. The first-order valence-electron chi connectivity index (χ1n) is 5.53. The summed E-state index contributed by atoms with van der Waals surface area (Å²) in [6.07, 6.45) is 2.22. The molecule has 0 aliphatic carbocycles. The summed E-state index contributed by atoms with van der Waals surface area (Å²) in [6, 6.07) is 3.28. The number of rotatable bonds is 5. The first kappa shape index (κ1) is 13.2. The molecule has 2 aromatic heterocycles. The third-order valence-corrected chi connectivity index (χ3v) is 3.12. The number of hydrogen-bond acceptors (Lipinski definition) is 7. The third-order valence-electron chi connectivity index (χ3n) is 2.14. The highest BCUT2D eigenvalue weighted by Crippen LogP contribution is 2.16. The summed E-state index contributed by atoms with van der Waals surface area (Å²) in [4.78, 5) is 16.7. The number of oxime groups is 1. The molecule has 0 saturated heterocycles. The Hall–Kier alpha value is -2.22. The van der Waals surface area contributed by atoms with E-state index < -0.39 is 5.91 Å². The first-order chi connectivity index (χ1) is 9.24. The molecule has 19 heavy (non-hydrogen) atoms. The summed E-state index contributed by atoms with van der Waals surface area (Å²) in [5.41, 5.74) is 0.0424. The Labute approximate surface area is 113 Å². The Balaban J connectivity index is 2.15. The lowest BCUT2D eigenvalue weighted by Gasteiger charge is -2.01. The minimum atomic E-state index is -0.462. The predicted molar refractivity (Wildman–Crippen MR) is 70.2 cm³/mol. The molecule has 1 N–H and O–H groups in total. The van der Waals surface area contributed by atoms with E-state index in [4.69, 9.17) is 4.42 Å². The molecule has 0 fully saturated rings. The van der Waals surface area contributed by atoms with E-state index in [9.17, 15) is 4.79 Å². The maximum Gasteiger partial charge on any atom is 0.283 e. The predicted octanol–water partition coefficient (Wildman–Crippen LogP) is 1.68. The van der Waals surface area contributed by atoms with Crippen LogP contribution in [0.3, 0.4) is 0 Å². The zero-order valence-electron chi connectivity index (χ0n) is 10.4. The van der Waals surface area contributed by atoms with Gasteiger partial charge in [-0.1, -0.05) is 23.4 Å². The topological polar surface area (TPSA) is 89.6 Å². The van der Waals surface area contributed by atoms with Crippen LogP contribution < -0.4 is 5.32 Å². The number of nitrogens with zero attached hydrogens (tertiary/aromatic N) is 3. The summed E-state index contributed by atoms with van der Waals surface area (Å²) in [6.45, 7) is 1.97. The van der Waals surface area contributed by atoms with E-state index in [1.807, 2.05) is 6.92 Å². The first-order valence-corrected chi connectivity index (χ1v) is 6.35. The molecule has 2 rings (SSSR count). The van der Waals surface area contributed by atoms with Crippen molar-refractivity contribution in [1.82, 2.24) is 10.2 Å². The molecule has 0 aromatic carbocycles. The number of carbonyl (C=O) groups excluding carboxylic acids is 1. The van der Waals surface area contributed by atoms with Gasteiger partial charge in [-0.3, -0.25) is 10.1 Å². The molecule has 8 heteroatoms. The molecular weight excluding hydrogens is 268 g/mol. The van der Waals surface area contributed by atoms with Crippen LogP contribution in [-0.2, 0) is 16.1 Å². The van der Waals surface area contributed by atoms with Crippen molar-refractivity contribution in [1.29, 1.82) is 0 Å². The number of amides is 1. The molecule has 0 unspecified atom stereocenters. The second kappa shape index (κ2) is 6.10. The van der Waals surface area contributed by atoms with Gasteiger partial charge in [0.25, 0.3) is 5.91 Å². The van der Waals surface area contributed by atoms with Gasteiger partial charge in [0.05, 0.1) is 6.26 Å². The fraction of sp³-hybridized carbons (Fsp3) is 0.273. The molecule has 0 radical (unpaired) electrons. The van der Waals surface area contributed by atoms with Gasteiger partial charge in [0, 0.05) is 0 Å². The van der Waals surface area contributed by atoms with Crippen LogP contribution in [0, 0.1) is 0 Å². The number of aromatic nitrogens is 2. The maximum absolute atomic E-state index is 12.1. The van der Waals surface area contributed by atoms with E-state index in [1.165, 1.54) is 24.7 Å². The monoisotopic (exact) mass is 280 g/mol. The SMILES string of the molecule is CCc1nnc(NC(=O)C(=NOC)c2ccco2)s1. The van der Waals surface area contributed by atoms with Crippen molar-refractivity contribution in [3.05, 3.63) is 29.2 Å². The lowest BCUT2D eigenvalue weighted by molar-refractivity contribution is -0.110. The van der Waals surface area contributed by atoms with Crippen LogP contribution in [-0.4, -0.2) is 28.9 Å². The van der Waals surface area contributed by atoms with E-state index in [-0.39, 0.29) is 5.71 Å². The van der Waals surface area contributed by atoms with Crippen LogP contribution in [0.15, 0.2) is 28.0 Å². The minimum Gasteiger partial charge on any atom is -0.462 e. The molecule has 0 bridgehead atoms. The van der Waals surface area contributed by atoms with Crippen molar-refractivity contribution in [2.45, 2.75) is 13.3 Å². The number of furan rings is 1. The molecule has 0 spiro atoms. The van der Waals surface area contributed by atoms with Crippen molar-refractivity contribution in [3.63, 3.8) is 0 Å². The molecule has 0 aliphatic rings. The van der Waals surface area contributed by atoms with E-state index in [1.54, 1.807) is 12.1 Å². The largest absolute Gasteiger partial charge is 0.462 e. The minimum absolute atomic E-state index is 0.0424. The van der Waals surface area contributed by atoms with Gasteiger partial charge in [-0.2, -0.15) is 0 Å². The van der Waals surface area contributed by atoms with Gasteiger partial charge in [-0.05, 0) is 18.6 Å². The van der Waals surface area contributed by atoms with Crippen LogP contribution in [0.2, 0.25) is 0 Å². The van der Waals surface area contributed by atoms with E-state index in [2.05, 4.69) is 25.5 Å². The van der Waals surface area contributed by atoms with Crippen LogP contribution in [0.1, 0.15) is 17.7 Å². The number of anilines is 1. The van der Waals surface area contributed by atoms with Gasteiger partial charge >= 0.3 is 0 Å². The van der Waals surface area contributed by atoms with Crippen molar-refractivity contribution in [2.24, 2.45) is 5.16 Å². The highest BCUT2D eigenvalue weighted by molar-refractivity contribution is 7.15. The van der Waals surface area contributed by atoms with E-state index in [0.717, 1.165) is 11.4 Å². The Morgan fingerprint density at radius 3 is 3.00 bits per heavy atom. The summed E-state index contributed by atoms with van der Waals surface area (Å²) in [7, 11) is 1.36. The van der Waals surface area contributed by atoms with Crippen LogP contribution >= 0.6 is 11.3 Å². The molecule has 7 nitrogen and oxygen atoms in total. The lowest BCUT2D eigenvalue weighted by Crippen LogP contribution is -2.23. The standard InChI is InChI=1S/C11H12N4O3S/c1-3-8-13-14-11(19-8)12-10(16)9(15-17-2)7-5-4-6-18-7/h4-6H,3H2,1-2H3,(H,12,14,16). The lowest BCUT2D eigenvalue weighted by atomic mass is 10.3. The zero-order valence-corrected chi connectivity index (χ0v) is 11.2. The van der Waals surface area contributed by atoms with Crippen LogP contribution in [0.25, 0.3) is 0 Å². The third kappa shape index (κ3) is 3.16. The van der Waals surface area contributed by atoms with Gasteiger partial charge in [-0.15, -0.1) is 10.2 Å². The number of carbonyl (C=O) groups is 1. The van der Waals surface area contributed by atoms with Crippen LogP contribution in [0.4, 0.5) is 5.13 Å². The van der Waals surface area contributed by atoms with Gasteiger partial charge < -0.3 is 9.25 Å². The number of hydrogen-bond donors (Lipinski definition) is 1. The van der Waals surface area contributed by atoms with E-state index >= 15 is 0 Å². The average molecular weight is 280 g/mol. The normalized spacial score (nSPS) is 11.4. The zero-order chi connectivity index (χ0) is 13.7. The Morgan fingerprint density at radius 1 is 1.58 bits per heavy atom. The smallest absolute Gasteiger partial charge is 0.283 e. The Bertz CT molecular complexity index is 577. The van der Waals surface area contributed by atoms with Gasteiger partial charge in [0.15, 0.2) is 5.76 Å². The molecule has 0 aliphatic heterocycles. The molecular formula is C11H12N4O3S. The number of aryl methyl sites for hydroxylation is 1. The number of nitrogens with one attached hydrogen (secondary N) is 1. The van der Waals surface area contributed by atoms with Crippen molar-refractivity contribution in [3.8, 4) is 0 Å². The van der Waals surface area contributed by atoms with Crippen molar-refractivity contribution in [2.75, 3.05) is 12.4 Å². The van der Waals surface area contributed by atoms with Gasteiger partial charge in [-0.25, -0.2) is 0 Å². The Kier molecular flexibility index (Phi) is 4.24. The second-order valence-corrected chi connectivity index (χ2v) is 4.47. The highest BCUT2D eigenvalue weighted by Gasteiger charge is 2.19. The molecule has 0 atom stereocenters. The van der Waals surface area contributed by atoms with Crippen LogP contribution in [0.5, 0.6) is 0 Å². The molecule has 0 saturated carbocycles. The summed E-state index contributed by atoms with van der Waals surface area (Å²) in [5.74, 6) is -0.143.